The molecule has 0 fully saturated rings. The van der Waals surface area contributed by atoms with Crippen LogP contribution in [0.4, 0.5) is 0 Å². The molecule has 0 amide bonds. The summed E-state index contributed by atoms with van der Waals surface area (Å²) in [7, 11) is 0. The molecule has 0 unspecified atom stereocenters. The van der Waals surface area contributed by atoms with Gasteiger partial charge >= 0.3 is 0 Å². The van der Waals surface area contributed by atoms with Crippen molar-refractivity contribution < 1.29 is 0 Å². The van der Waals surface area contributed by atoms with E-state index < -0.39 is 0 Å². The average molecular weight is 289 g/mol. The molecule has 0 bridgehead atoms. The highest BCUT2D eigenvalue weighted by Gasteiger charge is 2.25. The molecular formula is C16H17Br. The number of hydrogen-bond acceptors (Lipinski definition) is 0. The molecule has 0 spiro atoms. The molecule has 0 heterocycles. The number of fused-ring (bicyclic) bond motifs is 1. The van der Waals surface area contributed by atoms with Gasteiger partial charge in [-0.1, -0.05) is 71.8 Å². The van der Waals surface area contributed by atoms with Crippen LogP contribution in [0.2, 0.25) is 0 Å². The summed E-state index contributed by atoms with van der Waals surface area (Å²) in [5, 5.41) is 0. The van der Waals surface area contributed by atoms with Crippen molar-refractivity contribution in [1.82, 2.24) is 0 Å². The molecular weight excluding hydrogens is 272 g/mol. The van der Waals surface area contributed by atoms with Gasteiger partial charge < -0.3 is 0 Å². The van der Waals surface area contributed by atoms with Crippen molar-refractivity contribution in [2.45, 2.75) is 26.2 Å². The van der Waals surface area contributed by atoms with Gasteiger partial charge in [-0.15, -0.1) is 0 Å². The molecule has 0 saturated carbocycles. The zero-order valence-electron chi connectivity index (χ0n) is 10.5. The third-order valence-electron chi connectivity index (χ3n) is 3.52. The van der Waals surface area contributed by atoms with E-state index in [0.29, 0.717) is 0 Å². The lowest BCUT2D eigenvalue weighted by Crippen LogP contribution is -2.20. The van der Waals surface area contributed by atoms with Crippen LogP contribution in [0.3, 0.4) is 0 Å². The smallest absolute Gasteiger partial charge is 0.0178 e. The summed E-state index contributed by atoms with van der Waals surface area (Å²) >= 11 is 3.57. The summed E-state index contributed by atoms with van der Waals surface area (Å²) in [4.78, 5) is 0. The van der Waals surface area contributed by atoms with Crippen LogP contribution in [-0.4, -0.2) is 0 Å². The molecule has 1 heteroatoms. The van der Waals surface area contributed by atoms with E-state index >= 15 is 0 Å². The highest BCUT2D eigenvalue weighted by atomic mass is 79.9. The molecule has 0 aliphatic heterocycles. The van der Waals surface area contributed by atoms with Crippen molar-refractivity contribution in [2.24, 2.45) is 0 Å². The van der Waals surface area contributed by atoms with E-state index in [-0.39, 0.29) is 5.41 Å². The largest absolute Gasteiger partial charge is 0.0633 e. The van der Waals surface area contributed by atoms with Gasteiger partial charge in [-0.2, -0.15) is 0 Å². The van der Waals surface area contributed by atoms with Gasteiger partial charge in [0.15, 0.2) is 0 Å². The minimum atomic E-state index is 0.0537. The van der Waals surface area contributed by atoms with Gasteiger partial charge in [0.05, 0.1) is 0 Å². The number of rotatable bonds is 0. The Morgan fingerprint density at radius 2 is 1.82 bits per heavy atom. The summed E-state index contributed by atoms with van der Waals surface area (Å²) < 4.78 is 1.14. The fraction of sp³-hybridized carbons (Fsp3) is 0.250. The van der Waals surface area contributed by atoms with E-state index in [4.69, 9.17) is 0 Å². The SMILES string of the molecule is C\C1=C/C=C\C=C\c2ccc(Br)cc2C1(C)C. The summed E-state index contributed by atoms with van der Waals surface area (Å²) in [5.74, 6) is 0. The number of benzene rings is 1. The second-order valence-corrected chi connectivity index (χ2v) is 5.87. The second-order valence-electron chi connectivity index (χ2n) is 4.95. The van der Waals surface area contributed by atoms with Gasteiger partial charge in [0.1, 0.15) is 0 Å². The Balaban J connectivity index is 2.70. The van der Waals surface area contributed by atoms with Crippen molar-refractivity contribution in [3.05, 3.63) is 63.7 Å². The molecule has 88 valence electrons. The summed E-state index contributed by atoms with van der Waals surface area (Å²) in [6.45, 7) is 6.74. The van der Waals surface area contributed by atoms with Gasteiger partial charge in [-0.3, -0.25) is 0 Å². The molecule has 0 N–H and O–H groups in total. The van der Waals surface area contributed by atoms with Crippen LogP contribution >= 0.6 is 15.9 Å². The Hall–Kier alpha value is -1.08. The average Bonchev–Trinajstić information content (AvgIpc) is 2.33. The van der Waals surface area contributed by atoms with Crippen molar-refractivity contribution in [3.63, 3.8) is 0 Å². The van der Waals surface area contributed by atoms with E-state index in [1.165, 1.54) is 16.7 Å². The summed E-state index contributed by atoms with van der Waals surface area (Å²) in [6.07, 6.45) is 10.6. The van der Waals surface area contributed by atoms with Crippen LogP contribution in [-0.2, 0) is 5.41 Å². The lowest BCUT2D eigenvalue weighted by molar-refractivity contribution is 0.622. The zero-order valence-corrected chi connectivity index (χ0v) is 12.1. The van der Waals surface area contributed by atoms with Gasteiger partial charge in [0, 0.05) is 9.89 Å². The molecule has 0 radical (unpaired) electrons. The fourth-order valence-electron chi connectivity index (χ4n) is 2.06. The van der Waals surface area contributed by atoms with Gasteiger partial charge in [-0.25, -0.2) is 0 Å². The van der Waals surface area contributed by atoms with Crippen LogP contribution in [0, 0.1) is 0 Å². The van der Waals surface area contributed by atoms with Crippen LogP contribution in [0.5, 0.6) is 0 Å². The molecule has 2 rings (SSSR count). The number of halogens is 1. The minimum Gasteiger partial charge on any atom is -0.0633 e. The molecule has 17 heavy (non-hydrogen) atoms. The molecule has 0 atom stereocenters. The molecule has 1 aromatic carbocycles. The lowest BCUT2D eigenvalue weighted by atomic mass is 9.76. The van der Waals surface area contributed by atoms with E-state index in [0.717, 1.165) is 4.47 Å². The van der Waals surface area contributed by atoms with E-state index in [9.17, 15) is 0 Å². The Morgan fingerprint density at radius 3 is 2.59 bits per heavy atom. The first kappa shape index (κ1) is 12.4. The molecule has 1 aromatic rings. The van der Waals surface area contributed by atoms with Crippen LogP contribution < -0.4 is 0 Å². The standard InChI is InChI=1S/C16H17Br/c1-12-7-5-4-6-8-13-9-10-14(17)11-15(13)16(12,2)3/h4-11H,1-3H3/b5-4-,8-6+,12-7+. The van der Waals surface area contributed by atoms with E-state index in [2.05, 4.69) is 85.3 Å². The summed E-state index contributed by atoms with van der Waals surface area (Å²) in [6, 6.07) is 6.49. The Labute approximate surface area is 112 Å². The topological polar surface area (TPSA) is 0 Å². The Kier molecular flexibility index (Phi) is 3.39. The normalized spacial score (nSPS) is 24.6. The first-order valence-corrected chi connectivity index (χ1v) is 6.63. The molecule has 0 saturated heterocycles. The van der Waals surface area contributed by atoms with Crippen molar-refractivity contribution in [2.75, 3.05) is 0 Å². The van der Waals surface area contributed by atoms with Gasteiger partial charge in [-0.05, 0) is 30.2 Å². The van der Waals surface area contributed by atoms with Crippen molar-refractivity contribution >= 4 is 22.0 Å². The zero-order chi connectivity index (χ0) is 12.5. The first-order chi connectivity index (χ1) is 8.01. The molecule has 1 aliphatic carbocycles. The maximum absolute atomic E-state index is 3.57. The fourth-order valence-corrected chi connectivity index (χ4v) is 2.42. The Bertz CT molecular complexity index is 516. The van der Waals surface area contributed by atoms with Gasteiger partial charge in [0.25, 0.3) is 0 Å². The monoisotopic (exact) mass is 288 g/mol. The molecule has 0 aromatic heterocycles. The van der Waals surface area contributed by atoms with Crippen molar-refractivity contribution in [3.8, 4) is 0 Å². The van der Waals surface area contributed by atoms with Gasteiger partial charge in [0.2, 0.25) is 0 Å². The maximum atomic E-state index is 3.57. The van der Waals surface area contributed by atoms with Crippen molar-refractivity contribution in [1.29, 1.82) is 0 Å². The second kappa shape index (κ2) is 4.66. The number of allylic oxidation sites excluding steroid dienone is 5. The molecule has 0 nitrogen and oxygen atoms in total. The predicted octanol–water partition coefficient (Wildman–Crippen LogP) is 5.26. The highest BCUT2D eigenvalue weighted by molar-refractivity contribution is 9.10. The Morgan fingerprint density at radius 1 is 1.06 bits per heavy atom. The quantitative estimate of drug-likeness (QED) is 0.611. The predicted molar refractivity (Wildman–Crippen MR) is 79.1 cm³/mol. The van der Waals surface area contributed by atoms with Crippen LogP contribution in [0.15, 0.2) is 52.5 Å². The molecule has 1 aliphatic rings. The van der Waals surface area contributed by atoms with E-state index in [1.54, 1.807) is 0 Å². The van der Waals surface area contributed by atoms with Crippen LogP contribution in [0.25, 0.3) is 6.08 Å². The number of hydrogen-bond donors (Lipinski definition) is 0. The lowest BCUT2D eigenvalue weighted by Gasteiger charge is -2.28. The van der Waals surface area contributed by atoms with E-state index in [1.807, 2.05) is 0 Å². The van der Waals surface area contributed by atoms with Crippen LogP contribution in [0.1, 0.15) is 31.9 Å². The minimum absolute atomic E-state index is 0.0537. The summed E-state index contributed by atoms with van der Waals surface area (Å²) in [5.41, 5.74) is 4.08. The highest BCUT2D eigenvalue weighted by Crippen LogP contribution is 2.36. The third kappa shape index (κ3) is 2.44. The first-order valence-electron chi connectivity index (χ1n) is 5.84. The third-order valence-corrected chi connectivity index (χ3v) is 4.01. The maximum Gasteiger partial charge on any atom is 0.0178 e.